The Bertz CT molecular complexity index is 259. The van der Waals surface area contributed by atoms with E-state index < -0.39 is 5.95 Å². The fourth-order valence-electron chi connectivity index (χ4n) is 0.724. The molecule has 0 radical (unpaired) electrons. The first kappa shape index (κ1) is 7.80. The van der Waals surface area contributed by atoms with E-state index in [1.807, 2.05) is 0 Å². The minimum absolute atomic E-state index is 0.0524. The molecule has 0 saturated carbocycles. The number of nitrogens with two attached hydrogens (primary N) is 2. The summed E-state index contributed by atoms with van der Waals surface area (Å²) in [5, 5.41) is 11.8. The second-order valence-electron chi connectivity index (χ2n) is 2.04. The number of aliphatic hydroxyl groups excluding tert-OH is 1. The Balaban J connectivity index is 2.98. The molecule has 0 aromatic carbocycles. The smallest absolute Gasteiger partial charge is 0.257 e. The Kier molecular flexibility index (Phi) is 1.95. The van der Waals surface area contributed by atoms with Gasteiger partial charge in [0.25, 0.3) is 5.95 Å². The van der Waals surface area contributed by atoms with Gasteiger partial charge in [-0.2, -0.15) is 4.39 Å². The van der Waals surface area contributed by atoms with Gasteiger partial charge >= 0.3 is 0 Å². The second-order valence-corrected chi connectivity index (χ2v) is 2.04. The third kappa shape index (κ3) is 1.25. The summed E-state index contributed by atoms with van der Waals surface area (Å²) in [6.07, 6.45) is 0. The van der Waals surface area contributed by atoms with Crippen molar-refractivity contribution in [1.82, 2.24) is 9.78 Å². The largest absolute Gasteiger partial charge is 0.394 e. The van der Waals surface area contributed by atoms with Crippen LogP contribution in [0.2, 0.25) is 0 Å². The number of nitrogens with zero attached hydrogens (tertiary/aromatic N) is 2. The van der Waals surface area contributed by atoms with Gasteiger partial charge in [0, 0.05) is 0 Å². The number of aliphatic hydroxyl groups is 1. The average molecular weight is 160 g/mol. The maximum Gasteiger partial charge on any atom is 0.257 e. The third-order valence-corrected chi connectivity index (χ3v) is 1.30. The zero-order chi connectivity index (χ0) is 8.43. The normalized spacial score (nSPS) is 10.4. The van der Waals surface area contributed by atoms with Crippen molar-refractivity contribution < 1.29 is 9.50 Å². The molecule has 62 valence electrons. The molecule has 0 aliphatic rings. The minimum Gasteiger partial charge on any atom is -0.394 e. The van der Waals surface area contributed by atoms with Crippen molar-refractivity contribution in [3.8, 4) is 0 Å². The lowest BCUT2D eigenvalue weighted by molar-refractivity contribution is 0.269. The van der Waals surface area contributed by atoms with Crippen LogP contribution in [-0.2, 0) is 6.54 Å². The van der Waals surface area contributed by atoms with E-state index in [2.05, 4.69) is 5.10 Å². The highest BCUT2D eigenvalue weighted by Gasteiger charge is 2.10. The fourth-order valence-corrected chi connectivity index (χ4v) is 0.724. The second kappa shape index (κ2) is 2.75. The van der Waals surface area contributed by atoms with Crippen LogP contribution in [0.25, 0.3) is 0 Å². The zero-order valence-corrected chi connectivity index (χ0v) is 5.79. The van der Waals surface area contributed by atoms with Crippen LogP contribution in [-0.4, -0.2) is 21.5 Å². The van der Waals surface area contributed by atoms with Crippen LogP contribution < -0.4 is 11.5 Å². The zero-order valence-electron chi connectivity index (χ0n) is 5.79. The molecule has 0 aliphatic carbocycles. The Hall–Kier alpha value is -1.30. The predicted octanol–water partition coefficient (Wildman–Crippen LogP) is -0.821. The van der Waals surface area contributed by atoms with Crippen molar-refractivity contribution in [2.75, 3.05) is 18.1 Å². The SMILES string of the molecule is Nc1c(F)nn(CCO)c1N. The van der Waals surface area contributed by atoms with Crippen LogP contribution in [0, 0.1) is 5.95 Å². The topological polar surface area (TPSA) is 90.1 Å². The number of hydrogen-bond acceptors (Lipinski definition) is 4. The molecule has 0 fully saturated rings. The molecule has 0 amide bonds. The monoisotopic (exact) mass is 160 g/mol. The summed E-state index contributed by atoms with van der Waals surface area (Å²) < 4.78 is 13.6. The lowest BCUT2D eigenvalue weighted by atomic mass is 10.5. The van der Waals surface area contributed by atoms with Crippen molar-refractivity contribution in [1.29, 1.82) is 0 Å². The van der Waals surface area contributed by atoms with Gasteiger partial charge in [-0.05, 0) is 0 Å². The molecule has 1 heterocycles. The van der Waals surface area contributed by atoms with Crippen molar-refractivity contribution >= 4 is 11.5 Å². The summed E-state index contributed by atoms with van der Waals surface area (Å²) in [6, 6.07) is 0. The average Bonchev–Trinajstić information content (AvgIpc) is 2.19. The fraction of sp³-hybridized carbons (Fsp3) is 0.400. The van der Waals surface area contributed by atoms with Crippen LogP contribution in [0.3, 0.4) is 0 Å². The van der Waals surface area contributed by atoms with E-state index in [-0.39, 0.29) is 24.7 Å². The van der Waals surface area contributed by atoms with Crippen molar-refractivity contribution in [2.24, 2.45) is 0 Å². The molecule has 11 heavy (non-hydrogen) atoms. The Morgan fingerprint density at radius 2 is 2.18 bits per heavy atom. The minimum atomic E-state index is -0.795. The van der Waals surface area contributed by atoms with Gasteiger partial charge in [0.05, 0.1) is 13.2 Å². The van der Waals surface area contributed by atoms with Gasteiger partial charge in [0.2, 0.25) is 0 Å². The molecule has 0 saturated heterocycles. The summed E-state index contributed by atoms with van der Waals surface area (Å²) in [4.78, 5) is 0. The van der Waals surface area contributed by atoms with Gasteiger partial charge in [-0.3, -0.25) is 0 Å². The first-order valence-electron chi connectivity index (χ1n) is 3.05. The molecule has 1 aromatic rings. The molecule has 0 aliphatic heterocycles. The van der Waals surface area contributed by atoms with E-state index >= 15 is 0 Å². The standard InChI is InChI=1S/C5H9FN4O/c6-4-3(7)5(8)10(9-4)1-2-11/h11H,1-2,7-8H2. The quantitative estimate of drug-likeness (QED) is 0.527. The van der Waals surface area contributed by atoms with Crippen molar-refractivity contribution in [3.63, 3.8) is 0 Å². The molecule has 5 nitrogen and oxygen atoms in total. The highest BCUT2D eigenvalue weighted by Crippen LogP contribution is 2.16. The molecule has 0 bridgehead atoms. The number of hydrogen-bond donors (Lipinski definition) is 3. The van der Waals surface area contributed by atoms with Crippen molar-refractivity contribution in [3.05, 3.63) is 5.95 Å². The molecule has 1 rings (SSSR count). The van der Waals surface area contributed by atoms with Gasteiger partial charge in [0.1, 0.15) is 11.5 Å². The van der Waals surface area contributed by atoms with Crippen molar-refractivity contribution in [2.45, 2.75) is 6.54 Å². The highest BCUT2D eigenvalue weighted by atomic mass is 19.1. The summed E-state index contributed by atoms with van der Waals surface area (Å²) in [7, 11) is 0. The van der Waals surface area contributed by atoms with Gasteiger partial charge < -0.3 is 16.6 Å². The molecular formula is C5H9FN4O. The van der Waals surface area contributed by atoms with E-state index in [0.29, 0.717) is 0 Å². The van der Waals surface area contributed by atoms with E-state index in [1.54, 1.807) is 0 Å². The third-order valence-electron chi connectivity index (χ3n) is 1.30. The van der Waals surface area contributed by atoms with E-state index in [4.69, 9.17) is 16.6 Å². The molecule has 5 N–H and O–H groups in total. The molecule has 0 unspecified atom stereocenters. The van der Waals surface area contributed by atoms with Gasteiger partial charge in [0.15, 0.2) is 0 Å². The molecule has 0 spiro atoms. The number of aromatic nitrogens is 2. The number of halogens is 1. The van der Waals surface area contributed by atoms with Crippen LogP contribution in [0.4, 0.5) is 15.9 Å². The lowest BCUT2D eigenvalue weighted by Crippen LogP contribution is -2.08. The first-order chi connectivity index (χ1) is 5.16. The Labute approximate surface area is 62.4 Å². The van der Waals surface area contributed by atoms with Crippen LogP contribution >= 0.6 is 0 Å². The lowest BCUT2D eigenvalue weighted by Gasteiger charge is -1.98. The molecule has 1 aromatic heterocycles. The predicted molar refractivity (Wildman–Crippen MR) is 38.1 cm³/mol. The van der Waals surface area contributed by atoms with E-state index in [9.17, 15) is 4.39 Å². The first-order valence-corrected chi connectivity index (χ1v) is 3.05. The summed E-state index contributed by atoms with van der Waals surface area (Å²) >= 11 is 0. The maximum absolute atomic E-state index is 12.5. The van der Waals surface area contributed by atoms with Gasteiger partial charge in [-0.25, -0.2) is 4.68 Å². The molecule has 6 heteroatoms. The maximum atomic E-state index is 12.5. The van der Waals surface area contributed by atoms with Crippen LogP contribution in [0.15, 0.2) is 0 Å². The van der Waals surface area contributed by atoms with E-state index in [1.165, 1.54) is 0 Å². The number of nitrogen functional groups attached to an aromatic ring is 2. The summed E-state index contributed by atoms with van der Waals surface area (Å²) in [5.41, 5.74) is 10.3. The van der Waals surface area contributed by atoms with Crippen LogP contribution in [0.1, 0.15) is 0 Å². The van der Waals surface area contributed by atoms with Gasteiger partial charge in [-0.1, -0.05) is 0 Å². The molecule has 0 atom stereocenters. The van der Waals surface area contributed by atoms with E-state index in [0.717, 1.165) is 4.68 Å². The Morgan fingerprint density at radius 3 is 2.55 bits per heavy atom. The van der Waals surface area contributed by atoms with Crippen LogP contribution in [0.5, 0.6) is 0 Å². The summed E-state index contributed by atoms with van der Waals surface area (Å²) in [5.74, 6) is -0.743. The van der Waals surface area contributed by atoms with Gasteiger partial charge in [-0.15, -0.1) is 5.10 Å². The number of anilines is 2. The highest BCUT2D eigenvalue weighted by molar-refractivity contribution is 5.57. The Morgan fingerprint density at radius 1 is 1.55 bits per heavy atom. The number of rotatable bonds is 2. The molecular weight excluding hydrogens is 151 g/mol. The summed E-state index contributed by atoms with van der Waals surface area (Å²) in [6.45, 7) is 0.00468.